The van der Waals surface area contributed by atoms with Gasteiger partial charge in [-0.05, 0) is 60.7 Å². The number of ether oxygens (including phenoxy) is 3. The van der Waals surface area contributed by atoms with E-state index in [-0.39, 0.29) is 25.1 Å². The Balaban J connectivity index is 0.00000353. The maximum atomic E-state index is 11.6. The van der Waals surface area contributed by atoms with Gasteiger partial charge in [0, 0.05) is 18.0 Å². The van der Waals surface area contributed by atoms with E-state index in [1.165, 1.54) is 0 Å². The van der Waals surface area contributed by atoms with Crippen molar-refractivity contribution in [1.82, 2.24) is 4.90 Å². The van der Waals surface area contributed by atoms with Crippen molar-refractivity contribution < 1.29 is 39.4 Å². The van der Waals surface area contributed by atoms with Crippen LogP contribution in [0.2, 0.25) is 5.02 Å². The van der Waals surface area contributed by atoms with Crippen LogP contribution in [0, 0.1) is 0 Å². The highest BCUT2D eigenvalue weighted by Crippen LogP contribution is 2.35. The first-order valence-corrected chi connectivity index (χ1v) is 13.5. The van der Waals surface area contributed by atoms with Crippen LogP contribution < -0.4 is 4.74 Å². The number of carboxylic acid groups (broad SMARTS) is 1. The van der Waals surface area contributed by atoms with Crippen LogP contribution in [-0.4, -0.2) is 94.2 Å². The first-order valence-electron chi connectivity index (χ1n) is 13.1. The smallest absolute Gasteiger partial charge is 0.320 e. The number of halogens is 2. The van der Waals surface area contributed by atoms with Crippen molar-refractivity contribution in [1.29, 1.82) is 0 Å². The topological polar surface area (TPSA) is 129 Å². The van der Waals surface area contributed by atoms with Gasteiger partial charge in [-0.1, -0.05) is 35.9 Å². The molecular formula is C28H35Cl2NO8. The summed E-state index contributed by atoms with van der Waals surface area (Å²) in [6, 6.07) is 12.4. The van der Waals surface area contributed by atoms with E-state index in [1.807, 2.05) is 30.3 Å². The lowest BCUT2D eigenvalue weighted by Gasteiger charge is -2.42. The first kappa shape index (κ1) is 30.0. The second-order valence-electron chi connectivity index (χ2n) is 10.3. The minimum Gasteiger partial charge on any atom is -0.488 e. The van der Waals surface area contributed by atoms with Gasteiger partial charge < -0.3 is 34.6 Å². The number of hydrogen-bond donors (Lipinski definition) is 4. The molecule has 0 spiro atoms. The quantitative estimate of drug-likeness (QED) is 0.370. The average molecular weight is 584 g/mol. The van der Waals surface area contributed by atoms with Gasteiger partial charge in [0.1, 0.15) is 42.3 Å². The van der Waals surface area contributed by atoms with Gasteiger partial charge in [0.05, 0.1) is 19.3 Å². The molecular weight excluding hydrogens is 549 g/mol. The fraction of sp³-hybridized carbons (Fsp3) is 0.536. The maximum absolute atomic E-state index is 11.6. The van der Waals surface area contributed by atoms with Crippen LogP contribution in [0.5, 0.6) is 5.75 Å². The summed E-state index contributed by atoms with van der Waals surface area (Å²) in [5.74, 6) is -0.135. The molecule has 3 aliphatic heterocycles. The molecule has 0 amide bonds. The van der Waals surface area contributed by atoms with Crippen LogP contribution in [0.1, 0.15) is 42.1 Å². The fourth-order valence-corrected chi connectivity index (χ4v) is 5.73. The van der Waals surface area contributed by atoms with Gasteiger partial charge in [-0.2, -0.15) is 0 Å². The van der Waals surface area contributed by atoms with Crippen molar-refractivity contribution in [3.63, 3.8) is 0 Å². The van der Waals surface area contributed by atoms with Crippen LogP contribution in [0.15, 0.2) is 42.5 Å². The monoisotopic (exact) mass is 583 g/mol. The number of carboxylic acids is 1. The van der Waals surface area contributed by atoms with Gasteiger partial charge in [-0.15, -0.1) is 12.4 Å². The summed E-state index contributed by atoms with van der Waals surface area (Å²) in [5, 5.41) is 42.1. The fourth-order valence-electron chi connectivity index (χ4n) is 5.54. The summed E-state index contributed by atoms with van der Waals surface area (Å²) in [7, 11) is 0. The van der Waals surface area contributed by atoms with E-state index in [9.17, 15) is 25.2 Å². The lowest BCUT2D eigenvalue weighted by Crippen LogP contribution is -2.57. The number of hydrogen-bond acceptors (Lipinski definition) is 8. The van der Waals surface area contributed by atoms with Crippen molar-refractivity contribution in [3.05, 3.63) is 64.2 Å². The predicted molar refractivity (Wildman–Crippen MR) is 146 cm³/mol. The molecule has 0 bridgehead atoms. The molecule has 0 saturated carbocycles. The molecule has 4 N–H and O–H groups in total. The number of aliphatic carboxylic acids is 1. The SMILES string of the molecule is Cl.O=C(O)[C@@H]1CCCN1C[C@H]1O[C@@H](c2ccc(Cl)c(Cc3ccc(O[C@H]4CCOC4)cc3)c2)[C@H](O)[C@@H](O)[C@@H]1O. The molecule has 0 aliphatic carbocycles. The Bertz CT molecular complexity index is 1110. The molecule has 5 rings (SSSR count). The van der Waals surface area contributed by atoms with E-state index in [0.29, 0.717) is 36.6 Å². The molecule has 2 aromatic rings. The van der Waals surface area contributed by atoms with Crippen LogP contribution in [0.4, 0.5) is 0 Å². The average Bonchev–Trinajstić information content (AvgIpc) is 3.59. The van der Waals surface area contributed by atoms with E-state index >= 15 is 0 Å². The first-order chi connectivity index (χ1) is 18.3. The zero-order valence-corrected chi connectivity index (χ0v) is 23.0. The Morgan fingerprint density at radius 3 is 2.51 bits per heavy atom. The van der Waals surface area contributed by atoms with Crippen molar-refractivity contribution in [3.8, 4) is 5.75 Å². The van der Waals surface area contributed by atoms with E-state index in [1.54, 1.807) is 17.0 Å². The highest BCUT2D eigenvalue weighted by molar-refractivity contribution is 6.31. The number of rotatable bonds is 8. The van der Waals surface area contributed by atoms with E-state index in [0.717, 1.165) is 36.3 Å². The summed E-state index contributed by atoms with van der Waals surface area (Å²) in [6.07, 6.45) is -3.19. The minimum atomic E-state index is -1.44. The Kier molecular flexibility index (Phi) is 10.1. The van der Waals surface area contributed by atoms with Crippen LogP contribution >= 0.6 is 24.0 Å². The normalized spacial score (nSPS) is 31.1. The molecule has 214 valence electrons. The number of aliphatic hydroxyl groups excluding tert-OH is 3. The summed E-state index contributed by atoms with van der Waals surface area (Å²) in [6.45, 7) is 2.02. The second-order valence-corrected chi connectivity index (χ2v) is 10.7. The molecule has 3 heterocycles. The highest BCUT2D eigenvalue weighted by Gasteiger charge is 2.46. The summed E-state index contributed by atoms with van der Waals surface area (Å²) in [4.78, 5) is 13.3. The largest absolute Gasteiger partial charge is 0.488 e. The van der Waals surface area contributed by atoms with Crippen LogP contribution in [0.3, 0.4) is 0 Å². The summed E-state index contributed by atoms with van der Waals surface area (Å²) >= 11 is 6.51. The molecule has 7 atom stereocenters. The van der Waals surface area contributed by atoms with Gasteiger partial charge in [-0.3, -0.25) is 9.69 Å². The van der Waals surface area contributed by atoms with Gasteiger partial charge in [0.2, 0.25) is 0 Å². The third kappa shape index (κ3) is 6.86. The molecule has 3 aliphatic rings. The molecule has 39 heavy (non-hydrogen) atoms. The zero-order valence-electron chi connectivity index (χ0n) is 21.4. The van der Waals surface area contributed by atoms with Crippen molar-refractivity contribution in [2.75, 3.05) is 26.3 Å². The second kappa shape index (κ2) is 13.1. The lowest BCUT2D eigenvalue weighted by atomic mass is 9.89. The Labute approximate surface area is 238 Å². The van der Waals surface area contributed by atoms with Gasteiger partial charge in [-0.25, -0.2) is 0 Å². The van der Waals surface area contributed by atoms with Crippen molar-refractivity contribution in [2.45, 2.75) is 68.3 Å². The summed E-state index contributed by atoms with van der Waals surface area (Å²) in [5.41, 5.74) is 2.46. The molecule has 0 radical (unpaired) electrons. The lowest BCUT2D eigenvalue weighted by molar-refractivity contribution is -0.228. The van der Waals surface area contributed by atoms with E-state index in [4.69, 9.17) is 25.8 Å². The predicted octanol–water partition coefficient (Wildman–Crippen LogP) is 2.59. The highest BCUT2D eigenvalue weighted by atomic mass is 35.5. The molecule has 0 aromatic heterocycles. The van der Waals surface area contributed by atoms with E-state index in [2.05, 4.69) is 0 Å². The maximum Gasteiger partial charge on any atom is 0.320 e. The number of carbonyl (C=O) groups is 1. The van der Waals surface area contributed by atoms with Crippen LogP contribution in [-0.2, 0) is 20.7 Å². The molecule has 3 fully saturated rings. The molecule has 2 aromatic carbocycles. The number of nitrogens with zero attached hydrogens (tertiary/aromatic N) is 1. The molecule has 0 unspecified atom stereocenters. The number of benzene rings is 2. The van der Waals surface area contributed by atoms with Gasteiger partial charge in [0.25, 0.3) is 0 Å². The Morgan fingerprint density at radius 1 is 1.05 bits per heavy atom. The summed E-state index contributed by atoms with van der Waals surface area (Å²) < 4.78 is 17.4. The standard InChI is InChI=1S/C28H34ClNO8.ClH/c29-21-8-5-17(13-18(21)12-16-3-6-19(7-4-16)37-20-9-11-36-15-20)27-26(33)25(32)24(31)23(38-27)14-30-10-1-2-22(30)28(34)35;/h3-8,13,20,22-27,31-33H,1-2,9-12,14-15H2,(H,34,35);1H/t20-,22-,23+,24+,25-,26+,27-;/m0./s1. The van der Waals surface area contributed by atoms with E-state index < -0.39 is 42.5 Å². The van der Waals surface area contributed by atoms with Crippen molar-refractivity contribution >= 4 is 30.0 Å². The van der Waals surface area contributed by atoms with Crippen molar-refractivity contribution in [2.24, 2.45) is 0 Å². The van der Waals surface area contributed by atoms with Gasteiger partial charge in [0.15, 0.2) is 0 Å². The van der Waals surface area contributed by atoms with Gasteiger partial charge >= 0.3 is 5.97 Å². The Hall–Kier alpha value is -1.95. The van der Waals surface area contributed by atoms with Crippen LogP contribution in [0.25, 0.3) is 0 Å². The third-order valence-corrected chi connectivity index (χ3v) is 8.05. The number of aliphatic hydroxyl groups is 3. The molecule has 11 heteroatoms. The minimum absolute atomic E-state index is 0. The zero-order chi connectivity index (χ0) is 26.8. The molecule has 3 saturated heterocycles. The third-order valence-electron chi connectivity index (χ3n) is 7.68. The number of likely N-dealkylation sites (tertiary alicyclic amines) is 1. The Morgan fingerprint density at radius 2 is 1.82 bits per heavy atom. The molecule has 9 nitrogen and oxygen atoms in total.